The van der Waals surface area contributed by atoms with Gasteiger partial charge in [0.05, 0.1) is 11.7 Å². The van der Waals surface area contributed by atoms with Crippen molar-refractivity contribution >= 4 is 28.5 Å². The molecule has 0 radical (unpaired) electrons. The molecule has 1 fully saturated rings. The van der Waals surface area contributed by atoms with Gasteiger partial charge in [-0.1, -0.05) is 11.6 Å². The number of ether oxygens (including phenoxy) is 1. The molecule has 1 N–H and O–H groups in total. The van der Waals surface area contributed by atoms with Crippen molar-refractivity contribution in [2.75, 3.05) is 0 Å². The number of aromatic carboxylic acids is 1. The lowest BCUT2D eigenvalue weighted by Gasteiger charge is -2.09. The number of aromatic nitrogens is 1. The monoisotopic (exact) mass is 263 g/mol. The van der Waals surface area contributed by atoms with Crippen LogP contribution in [0.15, 0.2) is 24.3 Å². The third-order valence-corrected chi connectivity index (χ3v) is 3.00. The van der Waals surface area contributed by atoms with E-state index in [4.69, 9.17) is 21.4 Å². The summed E-state index contributed by atoms with van der Waals surface area (Å²) in [5.41, 5.74) is 0.807. The minimum atomic E-state index is -0.979. The molecule has 1 aliphatic rings. The van der Waals surface area contributed by atoms with Crippen molar-refractivity contribution in [3.05, 3.63) is 35.0 Å². The van der Waals surface area contributed by atoms with Crippen molar-refractivity contribution in [1.29, 1.82) is 0 Å². The van der Waals surface area contributed by atoms with Crippen molar-refractivity contribution < 1.29 is 14.6 Å². The van der Waals surface area contributed by atoms with E-state index in [-0.39, 0.29) is 11.7 Å². The third kappa shape index (κ3) is 2.11. The Kier molecular flexibility index (Phi) is 2.59. The first-order valence-corrected chi connectivity index (χ1v) is 6.01. The molecule has 92 valence electrons. The normalized spacial score (nSPS) is 14.7. The van der Waals surface area contributed by atoms with E-state index in [1.807, 2.05) is 0 Å². The van der Waals surface area contributed by atoms with Gasteiger partial charge in [-0.3, -0.25) is 0 Å². The fraction of sp³-hybridized carbons (Fsp3) is 0.231. The van der Waals surface area contributed by atoms with Crippen LogP contribution in [0.4, 0.5) is 0 Å². The Balaban J connectivity index is 2.19. The second kappa shape index (κ2) is 4.14. The standard InChI is InChI=1S/C13H10ClNO3/c14-11-4-1-7-5-8(13(16)17)6-10(12(7)15-11)18-9-2-3-9/h1,4-6,9H,2-3H2,(H,16,17). The second-order valence-corrected chi connectivity index (χ2v) is 4.69. The molecular weight excluding hydrogens is 254 g/mol. The summed E-state index contributed by atoms with van der Waals surface area (Å²) in [6.07, 6.45) is 2.18. The van der Waals surface area contributed by atoms with E-state index >= 15 is 0 Å². The molecule has 1 aromatic heterocycles. The number of rotatable bonds is 3. The molecule has 0 saturated heterocycles. The lowest BCUT2D eigenvalue weighted by Crippen LogP contribution is -2.02. The smallest absolute Gasteiger partial charge is 0.335 e. The Hall–Kier alpha value is -1.81. The van der Waals surface area contributed by atoms with Crippen LogP contribution in [0.5, 0.6) is 5.75 Å². The summed E-state index contributed by atoms with van der Waals surface area (Å²) in [6.45, 7) is 0. The van der Waals surface area contributed by atoms with E-state index in [0.29, 0.717) is 16.4 Å². The van der Waals surface area contributed by atoms with Gasteiger partial charge in [0.1, 0.15) is 16.4 Å². The molecule has 2 aromatic rings. The molecule has 0 unspecified atom stereocenters. The summed E-state index contributed by atoms with van der Waals surface area (Å²) in [6, 6.07) is 6.46. The van der Waals surface area contributed by atoms with Crippen LogP contribution in [0.1, 0.15) is 23.2 Å². The van der Waals surface area contributed by atoms with E-state index in [9.17, 15) is 4.79 Å². The van der Waals surface area contributed by atoms with Gasteiger partial charge >= 0.3 is 5.97 Å². The van der Waals surface area contributed by atoms with Gasteiger partial charge in [-0.2, -0.15) is 0 Å². The zero-order chi connectivity index (χ0) is 12.7. The summed E-state index contributed by atoms with van der Waals surface area (Å²) in [5.74, 6) is -0.484. The molecule has 0 atom stereocenters. The Morgan fingerprint density at radius 2 is 2.17 bits per heavy atom. The number of nitrogens with zero attached hydrogens (tertiary/aromatic N) is 1. The van der Waals surface area contributed by atoms with Gasteiger partial charge in [0.15, 0.2) is 0 Å². The summed E-state index contributed by atoms with van der Waals surface area (Å²) in [7, 11) is 0. The molecule has 0 aliphatic heterocycles. The Bertz CT molecular complexity index is 637. The minimum Gasteiger partial charge on any atom is -0.488 e. The highest BCUT2D eigenvalue weighted by Crippen LogP contribution is 2.33. The molecule has 1 saturated carbocycles. The van der Waals surface area contributed by atoms with Crippen LogP contribution < -0.4 is 4.74 Å². The Morgan fingerprint density at radius 3 is 2.83 bits per heavy atom. The highest BCUT2D eigenvalue weighted by Gasteiger charge is 2.25. The number of carboxylic acid groups (broad SMARTS) is 1. The largest absolute Gasteiger partial charge is 0.488 e. The van der Waals surface area contributed by atoms with Crippen molar-refractivity contribution in [2.45, 2.75) is 18.9 Å². The molecule has 3 rings (SSSR count). The van der Waals surface area contributed by atoms with E-state index in [2.05, 4.69) is 4.98 Å². The number of pyridine rings is 1. The van der Waals surface area contributed by atoms with Gasteiger partial charge < -0.3 is 9.84 Å². The zero-order valence-electron chi connectivity index (χ0n) is 9.39. The van der Waals surface area contributed by atoms with Crippen LogP contribution in [0, 0.1) is 0 Å². The molecule has 18 heavy (non-hydrogen) atoms. The molecule has 1 heterocycles. The fourth-order valence-electron chi connectivity index (χ4n) is 1.76. The van der Waals surface area contributed by atoms with Crippen LogP contribution in [0.25, 0.3) is 10.9 Å². The molecule has 5 heteroatoms. The van der Waals surface area contributed by atoms with E-state index in [0.717, 1.165) is 18.2 Å². The first kappa shape index (κ1) is 11.3. The maximum absolute atomic E-state index is 11.1. The summed E-state index contributed by atoms with van der Waals surface area (Å²) < 4.78 is 5.70. The van der Waals surface area contributed by atoms with E-state index in [1.165, 1.54) is 6.07 Å². The lowest BCUT2D eigenvalue weighted by molar-refractivity contribution is 0.0696. The maximum atomic E-state index is 11.1. The van der Waals surface area contributed by atoms with Gasteiger partial charge in [0.25, 0.3) is 0 Å². The SMILES string of the molecule is O=C(O)c1cc(OC2CC2)c2nc(Cl)ccc2c1. The van der Waals surface area contributed by atoms with Gasteiger partial charge in [0.2, 0.25) is 0 Å². The van der Waals surface area contributed by atoms with Crippen LogP contribution in [-0.2, 0) is 0 Å². The molecule has 1 aliphatic carbocycles. The quantitative estimate of drug-likeness (QED) is 0.865. The topological polar surface area (TPSA) is 59.4 Å². The predicted octanol–water partition coefficient (Wildman–Crippen LogP) is 3.13. The predicted molar refractivity (Wildman–Crippen MR) is 67.4 cm³/mol. The number of carboxylic acids is 1. The highest BCUT2D eigenvalue weighted by atomic mass is 35.5. The molecule has 1 aromatic carbocycles. The van der Waals surface area contributed by atoms with E-state index < -0.39 is 5.97 Å². The van der Waals surface area contributed by atoms with E-state index in [1.54, 1.807) is 18.2 Å². The van der Waals surface area contributed by atoms with Crippen molar-refractivity contribution in [2.24, 2.45) is 0 Å². The fourth-order valence-corrected chi connectivity index (χ4v) is 1.90. The van der Waals surface area contributed by atoms with Crippen LogP contribution in [0.2, 0.25) is 5.15 Å². The van der Waals surface area contributed by atoms with Crippen LogP contribution >= 0.6 is 11.6 Å². The number of hydrogen-bond acceptors (Lipinski definition) is 3. The van der Waals surface area contributed by atoms with Crippen molar-refractivity contribution in [3.63, 3.8) is 0 Å². The van der Waals surface area contributed by atoms with Gasteiger partial charge in [0, 0.05) is 5.39 Å². The molecule has 0 amide bonds. The zero-order valence-corrected chi connectivity index (χ0v) is 10.1. The average Bonchev–Trinajstić information content (AvgIpc) is 3.13. The summed E-state index contributed by atoms with van der Waals surface area (Å²) in [4.78, 5) is 15.3. The number of halogens is 1. The third-order valence-electron chi connectivity index (χ3n) is 2.79. The van der Waals surface area contributed by atoms with Crippen molar-refractivity contribution in [1.82, 2.24) is 4.98 Å². The molecule has 0 bridgehead atoms. The first-order valence-electron chi connectivity index (χ1n) is 5.64. The first-order chi connectivity index (χ1) is 8.63. The molecule has 0 spiro atoms. The van der Waals surface area contributed by atoms with Crippen LogP contribution in [-0.4, -0.2) is 22.2 Å². The lowest BCUT2D eigenvalue weighted by atomic mass is 10.1. The van der Waals surface area contributed by atoms with Gasteiger partial charge in [-0.25, -0.2) is 9.78 Å². The number of carbonyl (C=O) groups is 1. The second-order valence-electron chi connectivity index (χ2n) is 4.30. The number of fused-ring (bicyclic) bond motifs is 1. The number of hydrogen-bond donors (Lipinski definition) is 1. The Morgan fingerprint density at radius 1 is 1.39 bits per heavy atom. The summed E-state index contributed by atoms with van der Waals surface area (Å²) >= 11 is 5.86. The van der Waals surface area contributed by atoms with Crippen LogP contribution in [0.3, 0.4) is 0 Å². The molecular formula is C13H10ClNO3. The Labute approximate surface area is 108 Å². The summed E-state index contributed by atoms with van der Waals surface area (Å²) in [5, 5.41) is 10.2. The minimum absolute atomic E-state index is 0.179. The average molecular weight is 264 g/mol. The maximum Gasteiger partial charge on any atom is 0.335 e. The van der Waals surface area contributed by atoms with Gasteiger partial charge in [-0.05, 0) is 37.1 Å². The van der Waals surface area contributed by atoms with Gasteiger partial charge in [-0.15, -0.1) is 0 Å². The highest BCUT2D eigenvalue weighted by molar-refractivity contribution is 6.29. The van der Waals surface area contributed by atoms with Crippen molar-refractivity contribution in [3.8, 4) is 5.75 Å². The number of benzene rings is 1. The molecule has 4 nitrogen and oxygen atoms in total.